The minimum Gasteiger partial charge on any atom is -0.494 e. The van der Waals surface area contributed by atoms with Crippen molar-refractivity contribution in [2.45, 2.75) is 12.6 Å². The van der Waals surface area contributed by atoms with Gasteiger partial charge < -0.3 is 24.1 Å². The molecule has 1 N–H and O–H groups in total. The summed E-state index contributed by atoms with van der Waals surface area (Å²) >= 11 is 0. The number of nitrogens with one attached hydrogen (secondary N) is 1. The molecule has 0 aliphatic carbocycles. The fourth-order valence-electron chi connectivity index (χ4n) is 3.65. The van der Waals surface area contributed by atoms with Crippen LogP contribution in [0.1, 0.15) is 22.9 Å². The van der Waals surface area contributed by atoms with Gasteiger partial charge in [0, 0.05) is 24.5 Å². The molecule has 0 fully saturated rings. The van der Waals surface area contributed by atoms with E-state index in [0.717, 1.165) is 34.0 Å². The molecule has 0 bridgehead atoms. The van der Waals surface area contributed by atoms with E-state index in [1.54, 1.807) is 12.1 Å². The molecule has 5 nitrogen and oxygen atoms in total. The van der Waals surface area contributed by atoms with Crippen molar-refractivity contribution in [3.05, 3.63) is 71.3 Å². The van der Waals surface area contributed by atoms with E-state index in [1.165, 1.54) is 13.2 Å². The molecule has 0 saturated carbocycles. The quantitative estimate of drug-likeness (QED) is 0.766. The van der Waals surface area contributed by atoms with Crippen LogP contribution in [0.2, 0.25) is 0 Å². The first kappa shape index (κ1) is 15.3. The summed E-state index contributed by atoms with van der Waals surface area (Å²) in [4.78, 5) is 0. The molecule has 2 aromatic carbocycles. The standard InChI is InChI=1S/C20H17FN2O3/c1-24-17-7-12(4-5-14(17)21)20-15-3-2-6-23(15)16-9-19-18(25-11-26-19)8-13(16)10-22-20/h2-9,20,22H,10-11H2,1H3. The highest BCUT2D eigenvalue weighted by molar-refractivity contribution is 5.57. The van der Waals surface area contributed by atoms with Gasteiger partial charge in [0.05, 0.1) is 18.8 Å². The first-order chi connectivity index (χ1) is 12.7. The second kappa shape index (κ2) is 5.78. The van der Waals surface area contributed by atoms with Crippen LogP contribution in [0.5, 0.6) is 17.2 Å². The van der Waals surface area contributed by atoms with Gasteiger partial charge in [-0.25, -0.2) is 4.39 Å². The Morgan fingerprint density at radius 1 is 1.15 bits per heavy atom. The minimum atomic E-state index is -0.366. The second-order valence-electron chi connectivity index (χ2n) is 6.35. The third kappa shape index (κ3) is 2.26. The van der Waals surface area contributed by atoms with Gasteiger partial charge in [0.1, 0.15) is 0 Å². The van der Waals surface area contributed by atoms with Gasteiger partial charge >= 0.3 is 0 Å². The van der Waals surface area contributed by atoms with E-state index in [9.17, 15) is 4.39 Å². The highest BCUT2D eigenvalue weighted by Crippen LogP contribution is 2.39. The molecule has 3 heterocycles. The number of halogens is 1. The van der Waals surface area contributed by atoms with Crippen LogP contribution in [0.4, 0.5) is 4.39 Å². The van der Waals surface area contributed by atoms with Gasteiger partial charge in [-0.05, 0) is 41.5 Å². The van der Waals surface area contributed by atoms with Crippen LogP contribution < -0.4 is 19.5 Å². The first-order valence-corrected chi connectivity index (χ1v) is 8.41. The highest BCUT2D eigenvalue weighted by atomic mass is 19.1. The van der Waals surface area contributed by atoms with E-state index in [0.29, 0.717) is 6.54 Å². The lowest BCUT2D eigenvalue weighted by atomic mass is 10.0. The molecule has 2 aliphatic rings. The van der Waals surface area contributed by atoms with Crippen LogP contribution in [0.3, 0.4) is 0 Å². The Morgan fingerprint density at radius 3 is 2.85 bits per heavy atom. The van der Waals surface area contributed by atoms with Crippen LogP contribution in [-0.4, -0.2) is 18.5 Å². The fraction of sp³-hybridized carbons (Fsp3) is 0.200. The second-order valence-corrected chi connectivity index (χ2v) is 6.35. The van der Waals surface area contributed by atoms with Crippen molar-refractivity contribution < 1.29 is 18.6 Å². The molecule has 0 saturated heterocycles. The minimum absolute atomic E-state index is 0.0939. The van der Waals surface area contributed by atoms with E-state index in [2.05, 4.69) is 16.0 Å². The van der Waals surface area contributed by atoms with Crippen LogP contribution in [0.15, 0.2) is 48.7 Å². The third-order valence-corrected chi connectivity index (χ3v) is 4.91. The van der Waals surface area contributed by atoms with Gasteiger partial charge in [-0.2, -0.15) is 0 Å². The number of ether oxygens (including phenoxy) is 3. The largest absolute Gasteiger partial charge is 0.494 e. The summed E-state index contributed by atoms with van der Waals surface area (Å²) in [6, 6.07) is 13.0. The monoisotopic (exact) mass is 352 g/mol. The molecule has 0 amide bonds. The summed E-state index contributed by atoms with van der Waals surface area (Å²) in [6.07, 6.45) is 2.02. The lowest BCUT2D eigenvalue weighted by molar-refractivity contribution is 0.174. The Kier molecular flexibility index (Phi) is 3.39. The molecule has 2 aliphatic heterocycles. The molecule has 3 aromatic rings. The highest BCUT2D eigenvalue weighted by Gasteiger charge is 2.26. The maximum Gasteiger partial charge on any atom is 0.231 e. The molecule has 0 spiro atoms. The predicted molar refractivity (Wildman–Crippen MR) is 93.5 cm³/mol. The molecule has 26 heavy (non-hydrogen) atoms. The summed E-state index contributed by atoms with van der Waals surface area (Å²) in [5, 5.41) is 3.56. The van der Waals surface area contributed by atoms with E-state index in [1.807, 2.05) is 24.4 Å². The Balaban J connectivity index is 1.63. The number of nitrogens with zero attached hydrogens (tertiary/aromatic N) is 1. The summed E-state index contributed by atoms with van der Waals surface area (Å²) in [7, 11) is 1.47. The SMILES string of the molecule is COc1cc(C2NCc3cc4c(cc3-n3cccc32)OCO4)ccc1F. The lowest BCUT2D eigenvalue weighted by Gasteiger charge is -2.19. The molecule has 1 unspecified atom stereocenters. The predicted octanol–water partition coefficient (Wildman–Crippen LogP) is 3.55. The Hall–Kier alpha value is -2.99. The van der Waals surface area contributed by atoms with Crippen molar-refractivity contribution in [1.82, 2.24) is 9.88 Å². The average Bonchev–Trinajstić information content (AvgIpc) is 3.28. The van der Waals surface area contributed by atoms with E-state index >= 15 is 0 Å². The zero-order valence-corrected chi connectivity index (χ0v) is 14.2. The summed E-state index contributed by atoms with van der Waals surface area (Å²) in [5.74, 6) is 1.39. The molecule has 6 heteroatoms. The van der Waals surface area contributed by atoms with Crippen molar-refractivity contribution >= 4 is 0 Å². The molecule has 5 rings (SSSR count). The van der Waals surface area contributed by atoms with Gasteiger partial charge in [0.15, 0.2) is 23.1 Å². The van der Waals surface area contributed by atoms with Gasteiger partial charge in [0.25, 0.3) is 0 Å². The number of hydrogen-bond acceptors (Lipinski definition) is 4. The summed E-state index contributed by atoms with van der Waals surface area (Å²) in [6.45, 7) is 0.903. The van der Waals surface area contributed by atoms with Crippen molar-refractivity contribution in [2.75, 3.05) is 13.9 Å². The average molecular weight is 352 g/mol. The van der Waals surface area contributed by atoms with E-state index in [4.69, 9.17) is 14.2 Å². The van der Waals surface area contributed by atoms with Crippen LogP contribution in [-0.2, 0) is 6.54 Å². The molecule has 1 aromatic heterocycles. The van der Waals surface area contributed by atoms with Gasteiger partial charge in [-0.1, -0.05) is 6.07 Å². The van der Waals surface area contributed by atoms with E-state index < -0.39 is 0 Å². The third-order valence-electron chi connectivity index (χ3n) is 4.91. The topological polar surface area (TPSA) is 44.7 Å². The maximum absolute atomic E-state index is 13.8. The number of fused-ring (bicyclic) bond motifs is 4. The number of aromatic nitrogens is 1. The van der Waals surface area contributed by atoms with Crippen LogP contribution >= 0.6 is 0 Å². The zero-order chi connectivity index (χ0) is 17.7. The molecular formula is C20H17FN2O3. The molecular weight excluding hydrogens is 335 g/mol. The van der Waals surface area contributed by atoms with Crippen molar-refractivity contribution in [3.8, 4) is 22.9 Å². The number of benzene rings is 2. The van der Waals surface area contributed by atoms with Crippen molar-refractivity contribution in [2.24, 2.45) is 0 Å². The normalized spacial score (nSPS) is 17.4. The lowest BCUT2D eigenvalue weighted by Crippen LogP contribution is -2.21. The maximum atomic E-state index is 13.8. The van der Waals surface area contributed by atoms with Gasteiger partial charge in [-0.3, -0.25) is 0 Å². The van der Waals surface area contributed by atoms with Crippen molar-refractivity contribution in [3.63, 3.8) is 0 Å². The van der Waals surface area contributed by atoms with Gasteiger partial charge in [-0.15, -0.1) is 0 Å². The number of rotatable bonds is 2. The Morgan fingerprint density at radius 2 is 2.00 bits per heavy atom. The molecule has 1 atom stereocenters. The Bertz CT molecular complexity index is 999. The van der Waals surface area contributed by atoms with Crippen LogP contribution in [0.25, 0.3) is 5.69 Å². The molecule has 132 valence electrons. The van der Waals surface area contributed by atoms with Crippen LogP contribution in [0, 0.1) is 5.82 Å². The van der Waals surface area contributed by atoms with E-state index in [-0.39, 0.29) is 24.4 Å². The number of methoxy groups -OCH3 is 1. The zero-order valence-electron chi connectivity index (χ0n) is 14.2. The van der Waals surface area contributed by atoms with Crippen molar-refractivity contribution in [1.29, 1.82) is 0 Å². The summed E-state index contributed by atoms with van der Waals surface area (Å²) < 4.78 is 32.2. The smallest absolute Gasteiger partial charge is 0.231 e. The Labute approximate surface area is 149 Å². The first-order valence-electron chi connectivity index (χ1n) is 8.41. The summed E-state index contributed by atoms with van der Waals surface area (Å²) in [5.41, 5.74) is 4.17. The van der Waals surface area contributed by atoms with Gasteiger partial charge in [0.2, 0.25) is 6.79 Å². The molecule has 0 radical (unpaired) electrons. The number of hydrogen-bond donors (Lipinski definition) is 1. The fourth-order valence-corrected chi connectivity index (χ4v) is 3.65.